The van der Waals surface area contributed by atoms with Crippen LogP contribution in [0.15, 0.2) is 21.6 Å². The van der Waals surface area contributed by atoms with Crippen molar-refractivity contribution in [1.29, 1.82) is 5.26 Å². The number of benzene rings is 1. The number of halogens is 1. The Morgan fingerprint density at radius 1 is 1.39 bits per heavy atom. The quantitative estimate of drug-likeness (QED) is 0.311. The van der Waals surface area contributed by atoms with Gasteiger partial charge in [0.1, 0.15) is 11.1 Å². The van der Waals surface area contributed by atoms with Gasteiger partial charge in [-0.2, -0.15) is 5.26 Å². The molecule has 1 aromatic carbocycles. The molecule has 0 saturated heterocycles. The summed E-state index contributed by atoms with van der Waals surface area (Å²) >= 11 is 5.10. The standard InChI is InChI=1S/C25H29BrN2O4S/c1-6-31-22(29)14-32-23-19(26)9-15(10-20(23)30-5)13-28-24-18(12-27)17-8-7-16(25(2,3)4)11-21(17)33-24/h9-10,13,16H,6-8,11,14H2,1-5H3/t16-/m0/s1. The number of carbonyl (C=O) groups excluding carboxylic acids is 1. The van der Waals surface area contributed by atoms with Gasteiger partial charge in [-0.05, 0) is 76.7 Å². The minimum absolute atomic E-state index is 0.210. The summed E-state index contributed by atoms with van der Waals surface area (Å²) in [6.45, 7) is 8.68. The number of fused-ring (bicyclic) bond motifs is 1. The molecular formula is C25H29BrN2O4S. The molecule has 1 atom stereocenters. The molecule has 2 aromatic rings. The number of hydrogen-bond acceptors (Lipinski definition) is 7. The van der Waals surface area contributed by atoms with Gasteiger partial charge >= 0.3 is 5.97 Å². The second-order valence-electron chi connectivity index (χ2n) is 8.99. The number of ether oxygens (including phenoxy) is 3. The molecule has 0 aliphatic heterocycles. The van der Waals surface area contributed by atoms with Crippen LogP contribution >= 0.6 is 27.3 Å². The van der Waals surface area contributed by atoms with Gasteiger partial charge in [0.15, 0.2) is 18.1 Å². The summed E-state index contributed by atoms with van der Waals surface area (Å²) in [5, 5.41) is 10.5. The molecule has 1 aliphatic carbocycles. The number of esters is 1. The minimum atomic E-state index is -0.448. The molecule has 8 heteroatoms. The number of rotatable bonds is 7. The summed E-state index contributed by atoms with van der Waals surface area (Å²) in [6, 6.07) is 5.99. The number of thiophene rings is 1. The first-order valence-corrected chi connectivity index (χ1v) is 12.5. The summed E-state index contributed by atoms with van der Waals surface area (Å²) in [7, 11) is 1.53. The third-order valence-electron chi connectivity index (χ3n) is 5.81. The first-order valence-electron chi connectivity index (χ1n) is 10.9. The molecule has 1 aliphatic rings. The van der Waals surface area contributed by atoms with E-state index in [1.165, 1.54) is 12.0 Å². The maximum absolute atomic E-state index is 11.6. The highest BCUT2D eigenvalue weighted by molar-refractivity contribution is 9.10. The van der Waals surface area contributed by atoms with Crippen molar-refractivity contribution in [3.63, 3.8) is 0 Å². The van der Waals surface area contributed by atoms with Gasteiger partial charge in [0.05, 0.1) is 23.8 Å². The fraction of sp³-hybridized carbons (Fsp3) is 0.480. The number of carbonyl (C=O) groups is 1. The molecule has 0 N–H and O–H groups in total. The molecule has 0 fully saturated rings. The Morgan fingerprint density at radius 3 is 2.79 bits per heavy atom. The van der Waals surface area contributed by atoms with Crippen molar-refractivity contribution in [3.8, 4) is 17.6 Å². The van der Waals surface area contributed by atoms with E-state index in [0.717, 1.165) is 35.4 Å². The van der Waals surface area contributed by atoms with Gasteiger partial charge < -0.3 is 14.2 Å². The number of nitrogens with zero attached hydrogens (tertiary/aromatic N) is 2. The zero-order valence-electron chi connectivity index (χ0n) is 19.7. The molecule has 6 nitrogen and oxygen atoms in total. The Bertz CT molecular complexity index is 1100. The monoisotopic (exact) mass is 532 g/mol. The highest BCUT2D eigenvalue weighted by atomic mass is 79.9. The molecule has 176 valence electrons. The van der Waals surface area contributed by atoms with Gasteiger partial charge in [-0.25, -0.2) is 9.79 Å². The molecular weight excluding hydrogens is 504 g/mol. The molecule has 0 bridgehead atoms. The number of nitriles is 1. The molecule has 1 aromatic heterocycles. The van der Waals surface area contributed by atoms with E-state index in [-0.39, 0.29) is 12.0 Å². The van der Waals surface area contributed by atoms with E-state index in [4.69, 9.17) is 14.2 Å². The van der Waals surface area contributed by atoms with Crippen LogP contribution in [0.25, 0.3) is 0 Å². The van der Waals surface area contributed by atoms with Gasteiger partial charge in [0.2, 0.25) is 0 Å². The highest BCUT2D eigenvalue weighted by Gasteiger charge is 2.32. The second kappa shape index (κ2) is 10.7. The second-order valence-corrected chi connectivity index (χ2v) is 10.9. The topological polar surface area (TPSA) is 80.9 Å². The van der Waals surface area contributed by atoms with Crippen molar-refractivity contribution >= 4 is 44.5 Å². The number of hydrogen-bond donors (Lipinski definition) is 0. The Morgan fingerprint density at radius 2 is 2.15 bits per heavy atom. The van der Waals surface area contributed by atoms with Crippen molar-refractivity contribution in [1.82, 2.24) is 0 Å². The van der Waals surface area contributed by atoms with Crippen LogP contribution < -0.4 is 9.47 Å². The summed E-state index contributed by atoms with van der Waals surface area (Å²) in [6.07, 6.45) is 4.75. The summed E-state index contributed by atoms with van der Waals surface area (Å²) in [4.78, 5) is 17.6. The lowest BCUT2D eigenvalue weighted by Gasteiger charge is -2.33. The van der Waals surface area contributed by atoms with E-state index >= 15 is 0 Å². The van der Waals surface area contributed by atoms with E-state index in [1.54, 1.807) is 30.5 Å². The van der Waals surface area contributed by atoms with Gasteiger partial charge in [-0.15, -0.1) is 11.3 Å². The van der Waals surface area contributed by atoms with Crippen LogP contribution in [-0.2, 0) is 22.4 Å². The van der Waals surface area contributed by atoms with Gasteiger partial charge in [-0.3, -0.25) is 0 Å². The molecule has 0 saturated carbocycles. The van der Waals surface area contributed by atoms with E-state index in [9.17, 15) is 10.1 Å². The average Bonchev–Trinajstić information content (AvgIpc) is 3.12. The fourth-order valence-corrected chi connectivity index (χ4v) is 5.73. The molecule has 0 radical (unpaired) electrons. The smallest absolute Gasteiger partial charge is 0.344 e. The van der Waals surface area contributed by atoms with E-state index in [1.807, 2.05) is 6.07 Å². The molecule has 33 heavy (non-hydrogen) atoms. The maximum atomic E-state index is 11.6. The molecule has 0 amide bonds. The fourth-order valence-electron chi connectivity index (χ4n) is 3.94. The van der Waals surface area contributed by atoms with Crippen molar-refractivity contribution < 1.29 is 19.0 Å². The Labute approximate surface area is 207 Å². The Hall–Kier alpha value is -2.37. The van der Waals surface area contributed by atoms with E-state index in [2.05, 4.69) is 47.8 Å². The highest BCUT2D eigenvalue weighted by Crippen LogP contribution is 2.45. The van der Waals surface area contributed by atoms with Crippen molar-refractivity contribution in [2.75, 3.05) is 20.3 Å². The predicted molar refractivity (Wildman–Crippen MR) is 134 cm³/mol. The lowest BCUT2D eigenvalue weighted by atomic mass is 9.72. The minimum Gasteiger partial charge on any atom is -0.493 e. The zero-order chi connectivity index (χ0) is 24.2. The van der Waals surface area contributed by atoms with Crippen molar-refractivity contribution in [2.24, 2.45) is 16.3 Å². The largest absolute Gasteiger partial charge is 0.493 e. The van der Waals surface area contributed by atoms with Crippen LogP contribution in [0.3, 0.4) is 0 Å². The first-order chi connectivity index (χ1) is 15.7. The lowest BCUT2D eigenvalue weighted by molar-refractivity contribution is -0.145. The molecule has 0 unspecified atom stereocenters. The molecule has 0 spiro atoms. The molecule has 3 rings (SSSR count). The van der Waals surface area contributed by atoms with Crippen LogP contribution in [0, 0.1) is 22.7 Å². The Balaban J connectivity index is 1.84. The van der Waals surface area contributed by atoms with Crippen LogP contribution in [0.1, 0.15) is 55.7 Å². The number of aliphatic imine (C=N–C) groups is 1. The third-order valence-corrected chi connectivity index (χ3v) is 7.56. The van der Waals surface area contributed by atoms with Crippen LogP contribution in [0.4, 0.5) is 5.00 Å². The number of methoxy groups -OCH3 is 1. The Kier molecular flexibility index (Phi) is 8.19. The summed E-state index contributed by atoms with van der Waals surface area (Å²) in [5.74, 6) is 1.04. The van der Waals surface area contributed by atoms with E-state index < -0.39 is 5.97 Å². The first kappa shape index (κ1) is 25.3. The maximum Gasteiger partial charge on any atom is 0.344 e. The van der Waals surface area contributed by atoms with Gasteiger partial charge in [0.25, 0.3) is 0 Å². The zero-order valence-corrected chi connectivity index (χ0v) is 22.1. The van der Waals surface area contributed by atoms with Crippen LogP contribution in [0.5, 0.6) is 11.5 Å². The lowest BCUT2D eigenvalue weighted by Crippen LogP contribution is -2.26. The van der Waals surface area contributed by atoms with Gasteiger partial charge in [-0.1, -0.05) is 20.8 Å². The van der Waals surface area contributed by atoms with E-state index in [0.29, 0.717) is 34.1 Å². The normalized spacial score (nSPS) is 15.7. The predicted octanol–water partition coefficient (Wildman–Crippen LogP) is 6.23. The van der Waals surface area contributed by atoms with Crippen molar-refractivity contribution in [3.05, 3.63) is 38.2 Å². The van der Waals surface area contributed by atoms with Gasteiger partial charge in [0, 0.05) is 11.1 Å². The average molecular weight is 533 g/mol. The van der Waals surface area contributed by atoms with Crippen LogP contribution in [0.2, 0.25) is 0 Å². The summed E-state index contributed by atoms with van der Waals surface area (Å²) in [5.41, 5.74) is 2.89. The molecule has 1 heterocycles. The summed E-state index contributed by atoms with van der Waals surface area (Å²) < 4.78 is 16.6. The SMILES string of the molecule is CCOC(=O)COc1c(Br)cc(C=Nc2sc3c(c2C#N)CC[C@H](C(C)(C)C)C3)cc1OC. The third kappa shape index (κ3) is 5.96. The van der Waals surface area contributed by atoms with Crippen LogP contribution in [-0.4, -0.2) is 32.5 Å². The van der Waals surface area contributed by atoms with Crippen molar-refractivity contribution in [2.45, 2.75) is 47.0 Å².